The molecule has 2 atom stereocenters. The molecule has 1 fully saturated rings. The molecule has 1 N–H and O–H groups in total. The van der Waals surface area contributed by atoms with Crippen molar-refractivity contribution in [2.75, 3.05) is 33.7 Å². The maximum absolute atomic E-state index is 3.66. The molecule has 1 saturated heterocycles. The van der Waals surface area contributed by atoms with E-state index in [-0.39, 0.29) is 5.54 Å². The minimum absolute atomic E-state index is 0.262. The van der Waals surface area contributed by atoms with Crippen LogP contribution < -0.4 is 5.32 Å². The maximum Gasteiger partial charge on any atom is 0.0253 e. The normalized spacial score (nSPS) is 27.4. The zero-order valence-corrected chi connectivity index (χ0v) is 12.6. The second-order valence-corrected chi connectivity index (χ2v) is 6.44. The summed E-state index contributed by atoms with van der Waals surface area (Å²) in [6, 6.07) is 1.39. The Morgan fingerprint density at radius 2 is 2.06 bits per heavy atom. The third-order valence-electron chi connectivity index (χ3n) is 3.89. The Morgan fingerprint density at radius 1 is 1.41 bits per heavy atom. The molecule has 0 aliphatic carbocycles. The number of piperazine rings is 1. The minimum Gasteiger partial charge on any atom is -0.309 e. The molecule has 2 unspecified atom stereocenters. The van der Waals surface area contributed by atoms with Gasteiger partial charge in [-0.05, 0) is 54.3 Å². The highest BCUT2D eigenvalue weighted by molar-refractivity contribution is 4.93. The van der Waals surface area contributed by atoms with Gasteiger partial charge in [-0.1, -0.05) is 6.92 Å². The van der Waals surface area contributed by atoms with Gasteiger partial charge >= 0.3 is 0 Å². The number of hydrogen-bond acceptors (Lipinski definition) is 3. The number of rotatable bonds is 5. The summed E-state index contributed by atoms with van der Waals surface area (Å²) in [5.41, 5.74) is 0.262. The van der Waals surface area contributed by atoms with Crippen molar-refractivity contribution in [2.24, 2.45) is 0 Å². The predicted molar refractivity (Wildman–Crippen MR) is 75.5 cm³/mol. The van der Waals surface area contributed by atoms with Crippen molar-refractivity contribution in [1.82, 2.24) is 15.1 Å². The molecule has 1 aliphatic heterocycles. The highest BCUT2D eigenvalue weighted by Crippen LogP contribution is 2.21. The summed E-state index contributed by atoms with van der Waals surface area (Å²) < 4.78 is 0. The summed E-state index contributed by atoms with van der Waals surface area (Å²) >= 11 is 0. The molecule has 0 aromatic heterocycles. The molecule has 0 spiro atoms. The molecule has 3 heteroatoms. The molecule has 0 aromatic carbocycles. The zero-order valence-electron chi connectivity index (χ0n) is 12.6. The van der Waals surface area contributed by atoms with Gasteiger partial charge in [0.25, 0.3) is 0 Å². The van der Waals surface area contributed by atoms with Crippen molar-refractivity contribution in [3.05, 3.63) is 0 Å². The number of nitrogens with zero attached hydrogens (tertiary/aromatic N) is 2. The molecule has 0 aromatic rings. The van der Waals surface area contributed by atoms with Crippen molar-refractivity contribution in [1.29, 1.82) is 0 Å². The smallest absolute Gasteiger partial charge is 0.0253 e. The average Bonchev–Trinajstić information content (AvgIpc) is 2.24. The van der Waals surface area contributed by atoms with Crippen molar-refractivity contribution < 1.29 is 0 Å². The lowest BCUT2D eigenvalue weighted by molar-refractivity contribution is 0.0525. The first kappa shape index (κ1) is 14.9. The Hall–Kier alpha value is -0.120. The molecule has 1 aliphatic rings. The first-order chi connectivity index (χ1) is 7.85. The van der Waals surface area contributed by atoms with Crippen LogP contribution in [0.1, 0.15) is 40.5 Å². The molecule has 17 heavy (non-hydrogen) atoms. The first-order valence-electron chi connectivity index (χ1n) is 7.01. The van der Waals surface area contributed by atoms with Crippen LogP contribution in [0.15, 0.2) is 0 Å². The maximum atomic E-state index is 3.66. The Bertz CT molecular complexity index is 226. The van der Waals surface area contributed by atoms with Gasteiger partial charge in [-0.15, -0.1) is 0 Å². The first-order valence-corrected chi connectivity index (χ1v) is 7.01. The molecule has 1 heterocycles. The Labute approximate surface area is 108 Å². The van der Waals surface area contributed by atoms with Crippen LogP contribution in [0.4, 0.5) is 0 Å². The van der Waals surface area contributed by atoms with E-state index in [4.69, 9.17) is 0 Å². The van der Waals surface area contributed by atoms with Gasteiger partial charge < -0.3 is 10.2 Å². The van der Waals surface area contributed by atoms with E-state index >= 15 is 0 Å². The lowest BCUT2D eigenvalue weighted by Gasteiger charge is -2.47. The molecule has 0 amide bonds. The van der Waals surface area contributed by atoms with Crippen LogP contribution >= 0.6 is 0 Å². The molecule has 0 saturated carbocycles. The summed E-state index contributed by atoms with van der Waals surface area (Å²) in [7, 11) is 4.32. The molecule has 0 bridgehead atoms. The van der Waals surface area contributed by atoms with Crippen molar-refractivity contribution in [3.8, 4) is 0 Å². The van der Waals surface area contributed by atoms with Crippen LogP contribution in [0.3, 0.4) is 0 Å². The van der Waals surface area contributed by atoms with Gasteiger partial charge in [0.15, 0.2) is 0 Å². The van der Waals surface area contributed by atoms with Crippen molar-refractivity contribution in [3.63, 3.8) is 0 Å². The lowest BCUT2D eigenvalue weighted by atomic mass is 9.95. The second kappa shape index (κ2) is 6.17. The van der Waals surface area contributed by atoms with E-state index in [1.165, 1.54) is 25.9 Å². The monoisotopic (exact) mass is 241 g/mol. The van der Waals surface area contributed by atoms with Gasteiger partial charge in [-0.25, -0.2) is 0 Å². The SMILES string of the molecule is CCC1CNC(C)(C)CN1C(C)CCN(C)C. The average molecular weight is 241 g/mol. The lowest BCUT2D eigenvalue weighted by Crippen LogP contribution is -2.63. The third kappa shape index (κ3) is 4.57. The summed E-state index contributed by atoms with van der Waals surface area (Å²) in [6.07, 6.45) is 2.51. The molecule has 1 rings (SSSR count). The molecule has 3 nitrogen and oxygen atoms in total. The van der Waals surface area contributed by atoms with Crippen molar-refractivity contribution in [2.45, 2.75) is 58.2 Å². The Morgan fingerprint density at radius 3 is 2.59 bits per heavy atom. The molecule has 102 valence electrons. The standard InChI is InChI=1S/C14H31N3/c1-7-13-10-15-14(3,4)11-17(13)12(2)8-9-16(5)6/h12-13,15H,7-11H2,1-6H3. The van der Waals surface area contributed by atoms with Gasteiger partial charge in [-0.3, -0.25) is 4.90 Å². The van der Waals surface area contributed by atoms with Gasteiger partial charge in [0.2, 0.25) is 0 Å². The van der Waals surface area contributed by atoms with Crippen LogP contribution in [0, 0.1) is 0 Å². The van der Waals surface area contributed by atoms with Crippen LogP contribution in [0.2, 0.25) is 0 Å². The van der Waals surface area contributed by atoms with Crippen molar-refractivity contribution >= 4 is 0 Å². The van der Waals surface area contributed by atoms with E-state index in [9.17, 15) is 0 Å². The highest BCUT2D eigenvalue weighted by atomic mass is 15.3. The van der Waals surface area contributed by atoms with E-state index in [1.807, 2.05) is 0 Å². The predicted octanol–water partition coefficient (Wildman–Crippen LogP) is 1.79. The third-order valence-corrected chi connectivity index (χ3v) is 3.89. The van der Waals surface area contributed by atoms with Crippen LogP contribution in [-0.2, 0) is 0 Å². The van der Waals surface area contributed by atoms with E-state index in [2.05, 4.69) is 56.9 Å². The fourth-order valence-corrected chi connectivity index (χ4v) is 2.66. The van der Waals surface area contributed by atoms with Gasteiger partial charge in [-0.2, -0.15) is 0 Å². The van der Waals surface area contributed by atoms with E-state index in [0.29, 0.717) is 12.1 Å². The fraction of sp³-hybridized carbons (Fsp3) is 1.00. The number of hydrogen-bond donors (Lipinski definition) is 1. The Balaban J connectivity index is 2.56. The Kier molecular flexibility index (Phi) is 5.42. The van der Waals surface area contributed by atoms with Gasteiger partial charge in [0.1, 0.15) is 0 Å². The molecule has 0 radical (unpaired) electrons. The molecular weight excluding hydrogens is 210 g/mol. The quantitative estimate of drug-likeness (QED) is 0.792. The highest BCUT2D eigenvalue weighted by Gasteiger charge is 2.33. The second-order valence-electron chi connectivity index (χ2n) is 6.44. The zero-order chi connectivity index (χ0) is 13.1. The largest absolute Gasteiger partial charge is 0.309 e. The van der Waals surface area contributed by atoms with E-state index in [1.54, 1.807) is 0 Å². The van der Waals surface area contributed by atoms with Crippen LogP contribution in [0.5, 0.6) is 0 Å². The minimum atomic E-state index is 0.262. The summed E-state index contributed by atoms with van der Waals surface area (Å²) in [5, 5.41) is 3.66. The fourth-order valence-electron chi connectivity index (χ4n) is 2.66. The van der Waals surface area contributed by atoms with Gasteiger partial charge in [0, 0.05) is 30.7 Å². The summed E-state index contributed by atoms with van der Waals surface area (Å²) in [6.45, 7) is 12.8. The molecular formula is C14H31N3. The number of nitrogens with one attached hydrogen (secondary N) is 1. The topological polar surface area (TPSA) is 18.5 Å². The van der Waals surface area contributed by atoms with E-state index < -0.39 is 0 Å². The van der Waals surface area contributed by atoms with Crippen LogP contribution in [0.25, 0.3) is 0 Å². The summed E-state index contributed by atoms with van der Waals surface area (Å²) in [5.74, 6) is 0. The van der Waals surface area contributed by atoms with E-state index in [0.717, 1.165) is 6.54 Å². The van der Waals surface area contributed by atoms with Gasteiger partial charge in [0.05, 0.1) is 0 Å². The van der Waals surface area contributed by atoms with Crippen LogP contribution in [-0.4, -0.2) is 61.2 Å². The summed E-state index contributed by atoms with van der Waals surface area (Å²) in [4.78, 5) is 4.99.